The van der Waals surface area contributed by atoms with Gasteiger partial charge in [-0.3, -0.25) is 14.8 Å². The highest BCUT2D eigenvalue weighted by Crippen LogP contribution is 2.22. The molecule has 0 bridgehead atoms. The lowest BCUT2D eigenvalue weighted by Crippen LogP contribution is -2.22. The van der Waals surface area contributed by atoms with E-state index in [1.165, 1.54) is 11.6 Å². The van der Waals surface area contributed by atoms with Crippen molar-refractivity contribution in [2.45, 2.75) is 13.0 Å². The van der Waals surface area contributed by atoms with Crippen molar-refractivity contribution in [2.24, 2.45) is 0 Å². The van der Waals surface area contributed by atoms with Gasteiger partial charge in [-0.05, 0) is 54.5 Å². The Labute approximate surface area is 162 Å². The van der Waals surface area contributed by atoms with Crippen LogP contribution in [0.25, 0.3) is 6.08 Å². The molecule has 0 spiro atoms. The van der Waals surface area contributed by atoms with Gasteiger partial charge in [0.15, 0.2) is 0 Å². The van der Waals surface area contributed by atoms with Crippen LogP contribution in [-0.2, 0) is 17.8 Å². The SMILES string of the molecule is O=C(/C=C/c1cccn(CCc2cccc(Oc3ccccc3)c2)c1=O)NO. The van der Waals surface area contributed by atoms with E-state index < -0.39 is 5.91 Å². The number of carbonyl (C=O) groups excluding carboxylic acids is 1. The van der Waals surface area contributed by atoms with Gasteiger partial charge in [0, 0.05) is 24.4 Å². The molecule has 3 rings (SSSR count). The number of nitrogens with zero attached hydrogens (tertiary/aromatic N) is 1. The number of carbonyl (C=O) groups is 1. The van der Waals surface area contributed by atoms with Gasteiger partial charge >= 0.3 is 0 Å². The number of hydrogen-bond donors (Lipinski definition) is 2. The molecular weight excluding hydrogens is 356 g/mol. The number of aromatic nitrogens is 1. The Kier molecular flexibility index (Phi) is 6.38. The van der Waals surface area contributed by atoms with Gasteiger partial charge in [-0.15, -0.1) is 0 Å². The van der Waals surface area contributed by atoms with Crippen molar-refractivity contribution >= 4 is 12.0 Å². The monoisotopic (exact) mass is 376 g/mol. The fourth-order valence-corrected chi connectivity index (χ4v) is 2.70. The van der Waals surface area contributed by atoms with E-state index in [0.29, 0.717) is 18.5 Å². The minimum Gasteiger partial charge on any atom is -0.457 e. The molecule has 1 amide bonds. The van der Waals surface area contributed by atoms with E-state index in [0.717, 1.165) is 23.1 Å². The third-order valence-electron chi connectivity index (χ3n) is 4.09. The molecule has 0 aliphatic heterocycles. The van der Waals surface area contributed by atoms with Crippen molar-refractivity contribution in [3.8, 4) is 11.5 Å². The lowest BCUT2D eigenvalue weighted by molar-refractivity contribution is -0.124. The normalized spacial score (nSPS) is 10.8. The molecule has 6 nitrogen and oxygen atoms in total. The summed E-state index contributed by atoms with van der Waals surface area (Å²) in [6.45, 7) is 0.488. The zero-order chi connectivity index (χ0) is 19.8. The highest BCUT2D eigenvalue weighted by atomic mass is 16.5. The zero-order valence-electron chi connectivity index (χ0n) is 15.1. The van der Waals surface area contributed by atoms with Gasteiger partial charge in [-0.1, -0.05) is 30.3 Å². The van der Waals surface area contributed by atoms with Crippen LogP contribution >= 0.6 is 0 Å². The molecule has 6 heteroatoms. The molecule has 2 N–H and O–H groups in total. The van der Waals surface area contributed by atoms with Gasteiger partial charge in [0.05, 0.1) is 0 Å². The first-order valence-electron chi connectivity index (χ1n) is 8.79. The van der Waals surface area contributed by atoms with Gasteiger partial charge in [0.2, 0.25) is 0 Å². The van der Waals surface area contributed by atoms with Gasteiger partial charge in [-0.25, -0.2) is 5.48 Å². The number of benzene rings is 2. The van der Waals surface area contributed by atoms with E-state index >= 15 is 0 Å². The maximum atomic E-state index is 12.5. The number of amides is 1. The van der Waals surface area contributed by atoms with Crippen LogP contribution in [0.1, 0.15) is 11.1 Å². The van der Waals surface area contributed by atoms with Crippen LogP contribution in [0, 0.1) is 0 Å². The summed E-state index contributed by atoms with van der Waals surface area (Å²) in [4.78, 5) is 23.6. The Morgan fingerprint density at radius 1 is 1.04 bits per heavy atom. The van der Waals surface area contributed by atoms with E-state index in [2.05, 4.69) is 0 Å². The number of rotatable bonds is 7. The Morgan fingerprint density at radius 3 is 2.61 bits per heavy atom. The third-order valence-corrected chi connectivity index (χ3v) is 4.09. The highest BCUT2D eigenvalue weighted by Gasteiger charge is 2.03. The minimum absolute atomic E-state index is 0.207. The van der Waals surface area contributed by atoms with E-state index in [-0.39, 0.29) is 5.56 Å². The van der Waals surface area contributed by atoms with E-state index in [1.807, 2.05) is 54.6 Å². The Hall–Kier alpha value is -3.64. The predicted molar refractivity (Wildman–Crippen MR) is 106 cm³/mol. The summed E-state index contributed by atoms with van der Waals surface area (Å²) >= 11 is 0. The fourth-order valence-electron chi connectivity index (χ4n) is 2.70. The smallest absolute Gasteiger partial charge is 0.267 e. The third kappa shape index (κ3) is 5.18. The van der Waals surface area contributed by atoms with Crippen molar-refractivity contribution < 1.29 is 14.7 Å². The molecule has 0 aliphatic rings. The molecule has 0 fully saturated rings. The largest absolute Gasteiger partial charge is 0.457 e. The quantitative estimate of drug-likeness (QED) is 0.376. The lowest BCUT2D eigenvalue weighted by Gasteiger charge is -2.09. The molecule has 1 aromatic heterocycles. The lowest BCUT2D eigenvalue weighted by atomic mass is 10.1. The van der Waals surface area contributed by atoms with Crippen LogP contribution < -0.4 is 15.8 Å². The highest BCUT2D eigenvalue weighted by molar-refractivity contribution is 5.90. The Bertz CT molecular complexity index is 1030. The first-order valence-corrected chi connectivity index (χ1v) is 8.79. The second-order valence-electron chi connectivity index (χ2n) is 6.08. The molecular formula is C22H20N2O4. The first-order chi connectivity index (χ1) is 13.7. The van der Waals surface area contributed by atoms with Crippen LogP contribution in [0.3, 0.4) is 0 Å². The van der Waals surface area contributed by atoms with Crippen LogP contribution in [0.5, 0.6) is 11.5 Å². The average Bonchev–Trinajstić information content (AvgIpc) is 2.73. The van der Waals surface area contributed by atoms with Gasteiger partial charge < -0.3 is 9.30 Å². The number of ether oxygens (including phenoxy) is 1. The standard InChI is InChI=1S/C22H20N2O4/c25-21(23-27)12-11-18-7-5-14-24(22(18)26)15-13-17-6-4-10-20(16-17)28-19-8-2-1-3-9-19/h1-12,14,16,27H,13,15H2,(H,23,25)/b12-11+. The van der Waals surface area contributed by atoms with Crippen LogP contribution in [0.4, 0.5) is 0 Å². The van der Waals surface area contributed by atoms with Crippen molar-refractivity contribution in [1.29, 1.82) is 0 Å². The number of pyridine rings is 1. The molecule has 0 radical (unpaired) electrons. The molecule has 28 heavy (non-hydrogen) atoms. The van der Waals surface area contributed by atoms with Crippen LogP contribution in [0.15, 0.2) is 83.8 Å². The summed E-state index contributed by atoms with van der Waals surface area (Å²) in [7, 11) is 0. The van der Waals surface area contributed by atoms with Crippen molar-refractivity contribution in [2.75, 3.05) is 0 Å². The van der Waals surface area contributed by atoms with Crippen LogP contribution in [-0.4, -0.2) is 15.7 Å². The van der Waals surface area contributed by atoms with Crippen LogP contribution in [0.2, 0.25) is 0 Å². The average molecular weight is 376 g/mol. The summed E-state index contributed by atoms with van der Waals surface area (Å²) in [6.07, 6.45) is 4.83. The number of hydroxylamine groups is 1. The molecule has 0 saturated heterocycles. The van der Waals surface area contributed by atoms with E-state index in [1.54, 1.807) is 22.9 Å². The summed E-state index contributed by atoms with van der Waals surface area (Å²) < 4.78 is 7.43. The minimum atomic E-state index is -0.690. The zero-order valence-corrected chi connectivity index (χ0v) is 15.1. The first kappa shape index (κ1) is 19.1. The van der Waals surface area contributed by atoms with Gasteiger partial charge in [0.25, 0.3) is 11.5 Å². The molecule has 0 saturated carbocycles. The summed E-state index contributed by atoms with van der Waals surface area (Å²) in [5, 5.41) is 8.52. The molecule has 3 aromatic rings. The van der Waals surface area contributed by atoms with Gasteiger partial charge in [0.1, 0.15) is 11.5 Å². The van der Waals surface area contributed by atoms with E-state index in [9.17, 15) is 9.59 Å². The topological polar surface area (TPSA) is 80.6 Å². The maximum absolute atomic E-state index is 12.5. The maximum Gasteiger partial charge on any atom is 0.267 e. The van der Waals surface area contributed by atoms with Gasteiger partial charge in [-0.2, -0.15) is 0 Å². The molecule has 1 heterocycles. The van der Waals surface area contributed by atoms with Crippen molar-refractivity contribution in [3.63, 3.8) is 0 Å². The van der Waals surface area contributed by atoms with E-state index in [4.69, 9.17) is 9.94 Å². The van der Waals surface area contributed by atoms with Crippen molar-refractivity contribution in [3.05, 3.63) is 100 Å². The summed E-state index contributed by atoms with van der Waals surface area (Å²) in [5.41, 5.74) is 2.70. The summed E-state index contributed by atoms with van der Waals surface area (Å²) in [5.74, 6) is 0.815. The second-order valence-corrected chi connectivity index (χ2v) is 6.08. The Balaban J connectivity index is 1.69. The molecule has 2 aromatic carbocycles. The molecule has 0 unspecified atom stereocenters. The predicted octanol–water partition coefficient (Wildman–Crippen LogP) is 3.40. The molecule has 0 atom stereocenters. The Morgan fingerprint density at radius 2 is 1.82 bits per heavy atom. The number of aryl methyl sites for hydroxylation is 2. The number of nitrogens with one attached hydrogen (secondary N) is 1. The summed E-state index contributed by atoms with van der Waals surface area (Å²) in [6, 6.07) is 20.6. The molecule has 142 valence electrons. The number of para-hydroxylation sites is 1. The van der Waals surface area contributed by atoms with Crippen molar-refractivity contribution in [1.82, 2.24) is 10.0 Å². The fraction of sp³-hybridized carbons (Fsp3) is 0.0909. The molecule has 0 aliphatic carbocycles. The number of hydrogen-bond acceptors (Lipinski definition) is 4. The second kappa shape index (κ2) is 9.34.